The Balaban J connectivity index is 4.78. The molecule has 0 aliphatic heterocycles. The average molecular weight is 256 g/mol. The molecule has 0 rings (SSSR count). The van der Waals surface area contributed by atoms with Gasteiger partial charge in [0.15, 0.2) is 0 Å². The normalized spacial score (nSPS) is 11.9. The Hall–Kier alpha value is -0.580. The highest BCUT2D eigenvalue weighted by molar-refractivity contribution is 9.12. The zero-order valence-corrected chi connectivity index (χ0v) is 6.68. The number of rotatable bonds is 0. The van der Waals surface area contributed by atoms with Crippen molar-refractivity contribution in [2.75, 3.05) is 0 Å². The molecule has 0 bridgehead atoms. The Morgan fingerprint density at radius 3 is 1.33 bits per heavy atom. The van der Waals surface area contributed by atoms with Crippen LogP contribution in [0, 0.1) is 10.9 Å². The van der Waals surface area contributed by atoms with Gasteiger partial charge in [-0.15, -0.1) is 31.2 Å². The van der Waals surface area contributed by atoms with E-state index in [9.17, 15) is 26.3 Å². The molecule has 0 N–H and O–H groups in total. The van der Waals surface area contributed by atoms with Crippen molar-refractivity contribution in [2.45, 2.75) is 12.6 Å². The van der Waals surface area contributed by atoms with Crippen LogP contribution in [0.15, 0.2) is 0 Å². The molecule has 0 aromatic rings. The summed E-state index contributed by atoms with van der Waals surface area (Å²) in [6, 6.07) is 0.812. The standard InChI is InChI=1S/C4BrF6N/c5-1-2-12(3(6,7)8)4(9,10)11. The monoisotopic (exact) mass is 255 g/mol. The first kappa shape index (κ1) is 11.4. The minimum absolute atomic E-state index is 0.812. The Labute approximate surface area is 71.5 Å². The number of alkyl halides is 6. The lowest BCUT2D eigenvalue weighted by molar-refractivity contribution is -0.348. The highest BCUT2D eigenvalue weighted by Gasteiger charge is 2.52. The molecule has 0 aliphatic rings. The predicted molar refractivity (Wildman–Crippen MR) is 30.7 cm³/mol. The molecule has 0 radical (unpaired) electrons. The lowest BCUT2D eigenvalue weighted by atomic mass is 10.8. The number of nitrogens with zero attached hydrogens (tertiary/aromatic N) is 1. The Bertz CT molecular complexity index is 192. The molecule has 0 heterocycles. The Kier molecular flexibility index (Phi) is 3.26. The lowest BCUT2D eigenvalue weighted by Gasteiger charge is -2.21. The molecule has 0 unspecified atom stereocenters. The molecule has 8 heteroatoms. The summed E-state index contributed by atoms with van der Waals surface area (Å²) in [6.07, 6.45) is -11.1. The molecule has 0 aliphatic carbocycles. The summed E-state index contributed by atoms with van der Waals surface area (Å²) in [5, 5.41) is 0. The smallest absolute Gasteiger partial charge is 0.149 e. The van der Waals surface area contributed by atoms with E-state index in [2.05, 4.69) is 15.9 Å². The van der Waals surface area contributed by atoms with Crippen molar-refractivity contribution in [1.82, 2.24) is 4.90 Å². The summed E-state index contributed by atoms with van der Waals surface area (Å²) in [6.45, 7) is 0. The fourth-order valence-electron chi connectivity index (χ4n) is 0.313. The fourth-order valence-corrected chi connectivity index (χ4v) is 0.490. The van der Waals surface area contributed by atoms with Crippen molar-refractivity contribution in [3.05, 3.63) is 0 Å². The van der Waals surface area contributed by atoms with E-state index in [1.165, 1.54) is 4.83 Å². The number of hydrogen-bond donors (Lipinski definition) is 0. The second kappa shape index (κ2) is 3.43. The molecule has 0 saturated heterocycles. The molecule has 1 nitrogen and oxygen atoms in total. The maximum atomic E-state index is 11.5. The van der Waals surface area contributed by atoms with Crippen LogP contribution >= 0.6 is 15.9 Å². The summed E-state index contributed by atoms with van der Waals surface area (Å²) in [5.41, 5.74) is 0. The minimum atomic E-state index is -5.54. The van der Waals surface area contributed by atoms with E-state index >= 15 is 0 Å². The summed E-state index contributed by atoms with van der Waals surface area (Å²) >= 11 is 2.13. The lowest BCUT2D eigenvalue weighted by Crippen LogP contribution is -2.44. The van der Waals surface area contributed by atoms with Gasteiger partial charge in [-0.3, -0.25) is 0 Å². The molecule has 0 aromatic heterocycles. The van der Waals surface area contributed by atoms with Gasteiger partial charge < -0.3 is 0 Å². The first-order valence-electron chi connectivity index (χ1n) is 2.24. The van der Waals surface area contributed by atoms with Gasteiger partial charge in [-0.05, 0) is 4.83 Å². The van der Waals surface area contributed by atoms with E-state index in [-0.39, 0.29) is 0 Å². The van der Waals surface area contributed by atoms with Gasteiger partial charge in [-0.2, -0.15) is 0 Å². The van der Waals surface area contributed by atoms with Gasteiger partial charge >= 0.3 is 12.6 Å². The number of halogens is 7. The Morgan fingerprint density at radius 2 is 1.25 bits per heavy atom. The van der Waals surface area contributed by atoms with E-state index in [0.717, 1.165) is 6.04 Å². The molecular weight excluding hydrogens is 256 g/mol. The first-order valence-corrected chi connectivity index (χ1v) is 3.04. The van der Waals surface area contributed by atoms with E-state index in [4.69, 9.17) is 0 Å². The minimum Gasteiger partial charge on any atom is -0.149 e. The molecule has 0 fully saturated rings. The quantitative estimate of drug-likeness (QED) is 0.278. The second-order valence-corrected chi connectivity index (χ2v) is 1.87. The van der Waals surface area contributed by atoms with Crippen molar-refractivity contribution < 1.29 is 26.3 Å². The van der Waals surface area contributed by atoms with Crippen molar-refractivity contribution in [1.29, 1.82) is 0 Å². The molecule has 12 heavy (non-hydrogen) atoms. The van der Waals surface area contributed by atoms with Gasteiger partial charge in [0.2, 0.25) is 0 Å². The van der Waals surface area contributed by atoms with Crippen LogP contribution < -0.4 is 0 Å². The van der Waals surface area contributed by atoms with Gasteiger partial charge in [0.1, 0.15) is 0 Å². The first-order chi connectivity index (χ1) is 5.19. The van der Waals surface area contributed by atoms with Crippen LogP contribution in [0.2, 0.25) is 0 Å². The highest BCUT2D eigenvalue weighted by Crippen LogP contribution is 2.32. The molecule has 0 saturated carbocycles. The molecular formula is C4BrF6N. The zero-order valence-electron chi connectivity index (χ0n) is 5.09. The highest BCUT2D eigenvalue weighted by atomic mass is 79.9. The van der Waals surface area contributed by atoms with Crippen LogP contribution in [0.3, 0.4) is 0 Å². The molecule has 0 amide bonds. The third-order valence-electron chi connectivity index (χ3n) is 0.661. The summed E-state index contributed by atoms with van der Waals surface area (Å²) in [5.74, 6) is 0. The summed E-state index contributed by atoms with van der Waals surface area (Å²) < 4.78 is 68.9. The average Bonchev–Trinajstić information content (AvgIpc) is 1.77. The zero-order chi connectivity index (χ0) is 9.99. The topological polar surface area (TPSA) is 3.24 Å². The maximum absolute atomic E-state index is 11.5. The van der Waals surface area contributed by atoms with E-state index < -0.39 is 17.5 Å². The van der Waals surface area contributed by atoms with E-state index in [1.807, 2.05) is 0 Å². The van der Waals surface area contributed by atoms with Crippen molar-refractivity contribution in [3.8, 4) is 10.9 Å². The van der Waals surface area contributed by atoms with Crippen molar-refractivity contribution in [2.24, 2.45) is 0 Å². The van der Waals surface area contributed by atoms with Gasteiger partial charge in [-0.25, -0.2) is 0 Å². The van der Waals surface area contributed by atoms with Gasteiger partial charge in [0.25, 0.3) is 0 Å². The van der Waals surface area contributed by atoms with Gasteiger partial charge in [0, 0.05) is 22.0 Å². The van der Waals surface area contributed by atoms with Crippen LogP contribution in [0.5, 0.6) is 0 Å². The van der Waals surface area contributed by atoms with E-state index in [0.29, 0.717) is 0 Å². The molecule has 0 aromatic carbocycles. The van der Waals surface area contributed by atoms with Gasteiger partial charge in [0.05, 0.1) is 0 Å². The molecule has 0 atom stereocenters. The third-order valence-corrected chi connectivity index (χ3v) is 0.838. The number of hydrogen-bond acceptors (Lipinski definition) is 1. The van der Waals surface area contributed by atoms with Crippen LogP contribution in [0.25, 0.3) is 0 Å². The fraction of sp³-hybridized carbons (Fsp3) is 0.500. The predicted octanol–water partition coefficient (Wildman–Crippen LogP) is 2.64. The van der Waals surface area contributed by atoms with Crippen LogP contribution in [0.1, 0.15) is 0 Å². The second-order valence-electron chi connectivity index (χ2n) is 1.48. The molecule has 70 valence electrons. The maximum Gasteiger partial charge on any atom is 0.499 e. The SMILES string of the molecule is FC(F)(F)N(C#CBr)C(F)(F)F. The Morgan fingerprint density at radius 1 is 0.917 bits per heavy atom. The molecule has 0 spiro atoms. The van der Waals surface area contributed by atoms with Crippen molar-refractivity contribution >= 4 is 15.9 Å². The van der Waals surface area contributed by atoms with Crippen molar-refractivity contribution in [3.63, 3.8) is 0 Å². The van der Waals surface area contributed by atoms with E-state index in [1.54, 1.807) is 0 Å². The van der Waals surface area contributed by atoms with Crippen LogP contribution in [-0.4, -0.2) is 17.5 Å². The summed E-state index contributed by atoms with van der Waals surface area (Å²) in [4.78, 5) is -0.523. The van der Waals surface area contributed by atoms with Crippen LogP contribution in [0.4, 0.5) is 26.3 Å². The van der Waals surface area contributed by atoms with Gasteiger partial charge in [-0.1, -0.05) is 0 Å². The third kappa shape index (κ3) is 3.21. The summed E-state index contributed by atoms with van der Waals surface area (Å²) in [7, 11) is 0. The largest absolute Gasteiger partial charge is 0.499 e. The van der Waals surface area contributed by atoms with Crippen LogP contribution in [-0.2, 0) is 0 Å².